The van der Waals surface area contributed by atoms with Gasteiger partial charge in [-0.2, -0.15) is 0 Å². The van der Waals surface area contributed by atoms with Gasteiger partial charge in [0.25, 0.3) is 11.1 Å². The number of esters is 1. The van der Waals surface area contributed by atoms with Gasteiger partial charge in [-0.05, 0) is 48.4 Å². The van der Waals surface area contributed by atoms with Crippen LogP contribution in [0.4, 0.5) is 4.79 Å². The van der Waals surface area contributed by atoms with Crippen LogP contribution in [0.25, 0.3) is 6.08 Å². The summed E-state index contributed by atoms with van der Waals surface area (Å²) >= 11 is 0.872. The third-order valence-electron chi connectivity index (χ3n) is 2.95. The van der Waals surface area contributed by atoms with Gasteiger partial charge in [0.05, 0.1) is 10.8 Å². The molecule has 102 valence electrons. The summed E-state index contributed by atoms with van der Waals surface area (Å²) in [5.74, 6) is -0.0262. The largest absolute Gasteiger partial charge is 0.426 e. The summed E-state index contributed by atoms with van der Waals surface area (Å²) in [6.07, 6.45) is 3.43. The summed E-state index contributed by atoms with van der Waals surface area (Å²) in [5.41, 5.74) is 0.767. The second-order valence-electron chi connectivity index (χ2n) is 4.62. The minimum Gasteiger partial charge on any atom is -0.426 e. The summed E-state index contributed by atoms with van der Waals surface area (Å²) in [5, 5.41) is 1.83. The minimum atomic E-state index is -0.385. The van der Waals surface area contributed by atoms with E-state index >= 15 is 0 Å². The standard InChI is InChI=1S/C14H11NO4S/c16-12-11(20-14(18)15-12)7-8-1-5-10(6-2-8)19-13(17)9-3-4-9/h1-2,5-7,9H,3-4H2,(H,15,16,18)/b11-7-. The molecule has 1 aromatic carbocycles. The topological polar surface area (TPSA) is 72.5 Å². The molecule has 0 unspecified atom stereocenters. The van der Waals surface area contributed by atoms with Gasteiger partial charge in [-0.1, -0.05) is 12.1 Å². The fourth-order valence-corrected chi connectivity index (χ4v) is 2.41. The Bertz CT molecular complexity index is 617. The molecule has 1 heterocycles. The highest BCUT2D eigenvalue weighted by molar-refractivity contribution is 8.18. The lowest BCUT2D eigenvalue weighted by Crippen LogP contribution is -2.17. The lowest BCUT2D eigenvalue weighted by Gasteiger charge is -2.03. The van der Waals surface area contributed by atoms with E-state index < -0.39 is 0 Å². The molecule has 20 heavy (non-hydrogen) atoms. The Kier molecular flexibility index (Phi) is 3.31. The number of imide groups is 1. The van der Waals surface area contributed by atoms with Gasteiger partial charge >= 0.3 is 5.97 Å². The molecule has 2 aliphatic rings. The van der Waals surface area contributed by atoms with Crippen LogP contribution in [0.3, 0.4) is 0 Å². The number of rotatable bonds is 3. The van der Waals surface area contributed by atoms with Crippen molar-refractivity contribution in [2.75, 3.05) is 0 Å². The van der Waals surface area contributed by atoms with Crippen LogP contribution in [0, 0.1) is 5.92 Å². The lowest BCUT2D eigenvalue weighted by molar-refractivity contribution is -0.135. The second-order valence-corrected chi connectivity index (χ2v) is 5.63. The quantitative estimate of drug-likeness (QED) is 0.525. The number of nitrogens with one attached hydrogen (secondary N) is 1. The Morgan fingerprint density at radius 2 is 1.95 bits per heavy atom. The number of carbonyl (C=O) groups is 3. The zero-order valence-electron chi connectivity index (χ0n) is 10.4. The van der Waals surface area contributed by atoms with Crippen molar-refractivity contribution in [1.29, 1.82) is 0 Å². The van der Waals surface area contributed by atoms with E-state index in [1.807, 2.05) is 0 Å². The molecule has 1 saturated carbocycles. The highest BCUT2D eigenvalue weighted by atomic mass is 32.2. The highest BCUT2D eigenvalue weighted by Gasteiger charge is 2.31. The molecule has 0 radical (unpaired) electrons. The SMILES string of the molecule is O=C1NC(=O)/C(=C/c2ccc(OC(=O)C3CC3)cc2)S1. The molecule has 1 saturated heterocycles. The maximum absolute atomic E-state index is 11.5. The maximum Gasteiger partial charge on any atom is 0.314 e. The average Bonchev–Trinajstić information content (AvgIpc) is 3.20. The van der Waals surface area contributed by atoms with E-state index in [4.69, 9.17) is 4.74 Å². The van der Waals surface area contributed by atoms with Crippen molar-refractivity contribution in [2.45, 2.75) is 12.8 Å². The fourth-order valence-electron chi connectivity index (χ4n) is 1.72. The van der Waals surface area contributed by atoms with Crippen LogP contribution >= 0.6 is 11.8 Å². The molecule has 3 rings (SSSR count). The molecule has 1 aliphatic carbocycles. The number of ether oxygens (including phenoxy) is 1. The van der Waals surface area contributed by atoms with Crippen molar-refractivity contribution in [3.05, 3.63) is 34.7 Å². The number of carbonyl (C=O) groups excluding carboxylic acids is 3. The molecule has 1 aromatic rings. The van der Waals surface area contributed by atoms with Crippen molar-refractivity contribution in [1.82, 2.24) is 5.32 Å². The predicted octanol–water partition coefficient (Wildman–Crippen LogP) is 2.33. The van der Waals surface area contributed by atoms with Crippen molar-refractivity contribution < 1.29 is 19.1 Å². The Balaban J connectivity index is 1.69. The van der Waals surface area contributed by atoms with Crippen LogP contribution in [-0.4, -0.2) is 17.1 Å². The van der Waals surface area contributed by atoms with Crippen LogP contribution in [0.5, 0.6) is 5.75 Å². The van der Waals surface area contributed by atoms with Crippen LogP contribution in [0.2, 0.25) is 0 Å². The third kappa shape index (κ3) is 2.91. The predicted molar refractivity (Wildman–Crippen MR) is 73.9 cm³/mol. The van der Waals surface area contributed by atoms with E-state index in [0.29, 0.717) is 10.7 Å². The van der Waals surface area contributed by atoms with E-state index in [9.17, 15) is 14.4 Å². The zero-order chi connectivity index (χ0) is 14.1. The normalized spacial score (nSPS) is 20.1. The summed E-state index contributed by atoms with van der Waals surface area (Å²) in [6, 6.07) is 6.82. The number of hydrogen-bond acceptors (Lipinski definition) is 5. The van der Waals surface area contributed by atoms with Crippen molar-refractivity contribution in [3.63, 3.8) is 0 Å². The van der Waals surface area contributed by atoms with E-state index in [1.54, 1.807) is 30.3 Å². The summed E-state index contributed by atoms with van der Waals surface area (Å²) in [7, 11) is 0. The molecule has 2 amide bonds. The molecule has 0 bridgehead atoms. The van der Waals surface area contributed by atoms with Crippen molar-refractivity contribution in [2.24, 2.45) is 5.92 Å². The minimum absolute atomic E-state index is 0.0568. The highest BCUT2D eigenvalue weighted by Crippen LogP contribution is 2.31. The Morgan fingerprint density at radius 1 is 1.25 bits per heavy atom. The maximum atomic E-state index is 11.5. The molecule has 5 nitrogen and oxygen atoms in total. The van der Waals surface area contributed by atoms with E-state index in [1.165, 1.54) is 0 Å². The van der Waals surface area contributed by atoms with Gasteiger partial charge in [0.1, 0.15) is 5.75 Å². The fraction of sp³-hybridized carbons (Fsp3) is 0.214. The second kappa shape index (κ2) is 5.13. The molecule has 2 fully saturated rings. The number of hydrogen-bond donors (Lipinski definition) is 1. The van der Waals surface area contributed by atoms with Gasteiger partial charge in [-0.25, -0.2) is 0 Å². The first-order valence-electron chi connectivity index (χ1n) is 6.18. The molecule has 1 aliphatic heterocycles. The van der Waals surface area contributed by atoms with Gasteiger partial charge in [-0.15, -0.1) is 0 Å². The molecule has 0 spiro atoms. The van der Waals surface area contributed by atoms with Crippen molar-refractivity contribution in [3.8, 4) is 5.75 Å². The molecule has 0 aromatic heterocycles. The van der Waals surface area contributed by atoms with Crippen LogP contribution < -0.4 is 10.1 Å². The number of benzene rings is 1. The van der Waals surface area contributed by atoms with Gasteiger partial charge in [0, 0.05) is 0 Å². The Labute approximate surface area is 119 Å². The van der Waals surface area contributed by atoms with Gasteiger partial charge < -0.3 is 4.74 Å². The van der Waals surface area contributed by atoms with Gasteiger partial charge in [0.2, 0.25) is 0 Å². The molecular weight excluding hydrogens is 278 g/mol. The molecule has 0 atom stereocenters. The smallest absolute Gasteiger partial charge is 0.314 e. The Hall–Kier alpha value is -2.08. The average molecular weight is 289 g/mol. The number of amides is 2. The lowest BCUT2D eigenvalue weighted by atomic mass is 10.2. The third-order valence-corrected chi connectivity index (χ3v) is 3.76. The monoisotopic (exact) mass is 289 g/mol. The van der Waals surface area contributed by atoms with Gasteiger partial charge in [-0.3, -0.25) is 19.7 Å². The molecule has 1 N–H and O–H groups in total. The molecule has 6 heteroatoms. The Morgan fingerprint density at radius 3 is 2.50 bits per heavy atom. The molecular formula is C14H11NO4S. The van der Waals surface area contributed by atoms with E-state index in [-0.39, 0.29) is 23.0 Å². The zero-order valence-corrected chi connectivity index (χ0v) is 11.2. The first-order valence-corrected chi connectivity index (χ1v) is 7.00. The van der Waals surface area contributed by atoms with Crippen LogP contribution in [0.1, 0.15) is 18.4 Å². The first-order chi connectivity index (χ1) is 9.61. The van der Waals surface area contributed by atoms with Crippen LogP contribution in [0.15, 0.2) is 29.2 Å². The summed E-state index contributed by atoms with van der Waals surface area (Å²) in [6.45, 7) is 0. The van der Waals surface area contributed by atoms with Crippen LogP contribution in [-0.2, 0) is 9.59 Å². The van der Waals surface area contributed by atoms with Crippen molar-refractivity contribution >= 4 is 35.0 Å². The summed E-state index contributed by atoms with van der Waals surface area (Å²) < 4.78 is 5.20. The summed E-state index contributed by atoms with van der Waals surface area (Å²) in [4.78, 5) is 34.3. The first kappa shape index (κ1) is 12.9. The van der Waals surface area contributed by atoms with E-state index in [2.05, 4.69) is 5.32 Å². The number of thioether (sulfide) groups is 1. The van der Waals surface area contributed by atoms with E-state index in [0.717, 1.165) is 30.2 Å². The van der Waals surface area contributed by atoms with Gasteiger partial charge in [0.15, 0.2) is 0 Å².